The van der Waals surface area contributed by atoms with Crippen molar-refractivity contribution in [1.29, 1.82) is 0 Å². The molecule has 2 aromatic heterocycles. The third-order valence-corrected chi connectivity index (χ3v) is 5.78. The fourth-order valence-electron chi connectivity index (χ4n) is 3.41. The zero-order valence-corrected chi connectivity index (χ0v) is 13.8. The highest BCUT2D eigenvalue weighted by molar-refractivity contribution is 7.17. The molecule has 122 valence electrons. The average molecular weight is 333 g/mol. The van der Waals surface area contributed by atoms with Gasteiger partial charge in [-0.25, -0.2) is 0 Å². The molecule has 7 heteroatoms. The Labute approximate surface area is 138 Å². The number of nitrogens with zero attached hydrogens (tertiary/aromatic N) is 2. The standard InChI is InChI=1S/C16H19N3O3S/c1-21-14-9-22-16(18-14)13-3-2-12(23-13)15(20)17-11-8-19-6-4-10(11)5-7-19/h2-3,9-11H,4-8H2,1H3,(H,17,20)/t11-/m0/s1. The number of rotatable bonds is 4. The monoisotopic (exact) mass is 333 g/mol. The molecule has 0 unspecified atom stereocenters. The number of ether oxygens (including phenoxy) is 1. The molecule has 5 heterocycles. The van der Waals surface area contributed by atoms with E-state index in [0.717, 1.165) is 11.4 Å². The zero-order valence-electron chi connectivity index (χ0n) is 12.9. The lowest BCUT2D eigenvalue weighted by molar-refractivity contribution is 0.0622. The molecule has 3 fully saturated rings. The first-order chi connectivity index (χ1) is 11.2. The van der Waals surface area contributed by atoms with E-state index in [2.05, 4.69) is 15.2 Å². The van der Waals surface area contributed by atoms with Gasteiger partial charge in [0, 0.05) is 12.6 Å². The molecule has 3 aliphatic rings. The average Bonchev–Trinajstić information content (AvgIpc) is 3.25. The number of nitrogens with one attached hydrogen (secondary N) is 1. The Bertz CT molecular complexity index is 703. The van der Waals surface area contributed by atoms with Crippen molar-refractivity contribution in [2.45, 2.75) is 18.9 Å². The predicted molar refractivity (Wildman–Crippen MR) is 86.8 cm³/mol. The third kappa shape index (κ3) is 2.86. The van der Waals surface area contributed by atoms with Gasteiger partial charge >= 0.3 is 0 Å². The smallest absolute Gasteiger partial charge is 0.261 e. The van der Waals surface area contributed by atoms with Crippen LogP contribution in [0.4, 0.5) is 0 Å². The predicted octanol–water partition coefficient (Wildman–Crippen LogP) is 2.24. The normalized spacial score (nSPS) is 26.2. The van der Waals surface area contributed by atoms with Crippen LogP contribution in [0.5, 0.6) is 5.88 Å². The topological polar surface area (TPSA) is 67.6 Å². The van der Waals surface area contributed by atoms with E-state index in [0.29, 0.717) is 22.6 Å². The van der Waals surface area contributed by atoms with Gasteiger partial charge in [0.15, 0.2) is 6.26 Å². The highest BCUT2D eigenvalue weighted by atomic mass is 32.1. The maximum atomic E-state index is 12.5. The van der Waals surface area contributed by atoms with E-state index in [1.54, 1.807) is 7.11 Å². The highest BCUT2D eigenvalue weighted by Crippen LogP contribution is 2.30. The van der Waals surface area contributed by atoms with E-state index in [-0.39, 0.29) is 11.9 Å². The number of fused-ring (bicyclic) bond motifs is 3. The Morgan fingerprint density at radius 3 is 2.91 bits per heavy atom. The number of piperidine rings is 3. The van der Waals surface area contributed by atoms with Crippen LogP contribution in [0, 0.1) is 5.92 Å². The van der Waals surface area contributed by atoms with Crippen molar-refractivity contribution in [1.82, 2.24) is 15.2 Å². The Hall–Kier alpha value is -1.86. The van der Waals surface area contributed by atoms with Gasteiger partial charge in [-0.15, -0.1) is 11.3 Å². The van der Waals surface area contributed by atoms with Crippen LogP contribution < -0.4 is 10.1 Å². The van der Waals surface area contributed by atoms with Crippen LogP contribution >= 0.6 is 11.3 Å². The lowest BCUT2D eigenvalue weighted by atomic mass is 9.84. The summed E-state index contributed by atoms with van der Waals surface area (Å²) < 4.78 is 10.4. The van der Waals surface area contributed by atoms with Gasteiger partial charge < -0.3 is 19.4 Å². The Balaban J connectivity index is 1.45. The largest absolute Gasteiger partial charge is 0.479 e. The summed E-state index contributed by atoms with van der Waals surface area (Å²) in [6.07, 6.45) is 3.84. The second-order valence-corrected chi connectivity index (χ2v) is 7.16. The maximum Gasteiger partial charge on any atom is 0.261 e. The van der Waals surface area contributed by atoms with Crippen LogP contribution in [0.3, 0.4) is 0 Å². The molecule has 0 aliphatic carbocycles. The van der Waals surface area contributed by atoms with Crippen molar-refractivity contribution >= 4 is 17.2 Å². The summed E-state index contributed by atoms with van der Waals surface area (Å²) >= 11 is 1.39. The quantitative estimate of drug-likeness (QED) is 0.929. The van der Waals surface area contributed by atoms with Gasteiger partial charge in [-0.2, -0.15) is 4.98 Å². The molecule has 1 N–H and O–H groups in total. The van der Waals surface area contributed by atoms with E-state index < -0.39 is 0 Å². The minimum Gasteiger partial charge on any atom is -0.479 e. The molecule has 5 rings (SSSR count). The molecule has 23 heavy (non-hydrogen) atoms. The van der Waals surface area contributed by atoms with E-state index in [9.17, 15) is 4.79 Å². The van der Waals surface area contributed by atoms with Gasteiger partial charge in [-0.1, -0.05) is 0 Å². The molecule has 3 aliphatic heterocycles. The molecule has 0 saturated carbocycles. The Morgan fingerprint density at radius 1 is 1.43 bits per heavy atom. The van der Waals surface area contributed by atoms with Crippen molar-refractivity contribution in [3.63, 3.8) is 0 Å². The molecule has 1 atom stereocenters. The lowest BCUT2D eigenvalue weighted by Crippen LogP contribution is -2.57. The maximum absolute atomic E-state index is 12.5. The summed E-state index contributed by atoms with van der Waals surface area (Å²) in [7, 11) is 1.54. The summed E-state index contributed by atoms with van der Waals surface area (Å²) in [5, 5.41) is 3.20. The Kier molecular flexibility index (Phi) is 3.82. The highest BCUT2D eigenvalue weighted by Gasteiger charge is 2.35. The minimum absolute atomic E-state index is 0.00137. The van der Waals surface area contributed by atoms with Crippen molar-refractivity contribution < 1.29 is 13.9 Å². The number of carbonyl (C=O) groups excluding carboxylic acids is 1. The molecule has 0 aromatic carbocycles. The van der Waals surface area contributed by atoms with E-state index in [1.165, 1.54) is 43.5 Å². The van der Waals surface area contributed by atoms with Gasteiger partial charge in [0.25, 0.3) is 11.8 Å². The fraction of sp³-hybridized carbons (Fsp3) is 0.500. The zero-order chi connectivity index (χ0) is 15.8. The number of carbonyl (C=O) groups is 1. The van der Waals surface area contributed by atoms with Gasteiger partial charge in [0.2, 0.25) is 5.89 Å². The number of thiophene rings is 1. The Morgan fingerprint density at radius 2 is 2.26 bits per heavy atom. The number of hydrogen-bond acceptors (Lipinski definition) is 6. The van der Waals surface area contributed by atoms with Gasteiger partial charge in [-0.05, 0) is 44.0 Å². The van der Waals surface area contributed by atoms with Crippen molar-refractivity contribution in [2.75, 3.05) is 26.7 Å². The second kappa shape index (κ2) is 5.98. The number of methoxy groups -OCH3 is 1. The molecule has 3 saturated heterocycles. The fourth-order valence-corrected chi connectivity index (χ4v) is 4.25. The van der Waals surface area contributed by atoms with Gasteiger partial charge in [0.1, 0.15) is 0 Å². The van der Waals surface area contributed by atoms with Crippen LogP contribution in [0.1, 0.15) is 22.5 Å². The molecule has 1 amide bonds. The van der Waals surface area contributed by atoms with E-state index in [1.807, 2.05) is 12.1 Å². The molecular weight excluding hydrogens is 314 g/mol. The number of aromatic nitrogens is 1. The van der Waals surface area contributed by atoms with Crippen LogP contribution in [-0.4, -0.2) is 48.6 Å². The lowest BCUT2D eigenvalue weighted by Gasteiger charge is -2.44. The van der Waals surface area contributed by atoms with Crippen molar-refractivity contribution in [2.24, 2.45) is 5.92 Å². The summed E-state index contributed by atoms with van der Waals surface area (Å²) in [5.41, 5.74) is 0. The van der Waals surface area contributed by atoms with Crippen LogP contribution in [0.15, 0.2) is 22.8 Å². The molecule has 0 spiro atoms. The van der Waals surface area contributed by atoms with E-state index in [4.69, 9.17) is 9.15 Å². The number of oxazole rings is 1. The molecule has 0 radical (unpaired) electrons. The van der Waals surface area contributed by atoms with Crippen LogP contribution in [0.2, 0.25) is 0 Å². The van der Waals surface area contributed by atoms with Crippen LogP contribution in [-0.2, 0) is 0 Å². The third-order valence-electron chi connectivity index (χ3n) is 4.71. The van der Waals surface area contributed by atoms with Crippen molar-refractivity contribution in [3.05, 3.63) is 23.3 Å². The first-order valence-electron chi connectivity index (χ1n) is 7.86. The van der Waals surface area contributed by atoms with Gasteiger partial charge in [-0.3, -0.25) is 4.79 Å². The second-order valence-electron chi connectivity index (χ2n) is 6.08. The molecule has 2 aromatic rings. The first-order valence-corrected chi connectivity index (χ1v) is 8.67. The van der Waals surface area contributed by atoms with Gasteiger partial charge in [0.05, 0.1) is 16.9 Å². The first kappa shape index (κ1) is 14.7. The molecule has 6 nitrogen and oxygen atoms in total. The minimum atomic E-state index is -0.00137. The van der Waals surface area contributed by atoms with Crippen LogP contribution in [0.25, 0.3) is 10.8 Å². The number of amides is 1. The summed E-state index contributed by atoms with van der Waals surface area (Å²) in [4.78, 5) is 20.7. The SMILES string of the molecule is COc1coc(-c2ccc(C(=O)N[C@H]3CN4CCC3CC4)s2)n1. The van der Waals surface area contributed by atoms with E-state index >= 15 is 0 Å². The summed E-state index contributed by atoms with van der Waals surface area (Å²) in [6.45, 7) is 3.32. The summed E-state index contributed by atoms with van der Waals surface area (Å²) in [5.74, 6) is 1.54. The van der Waals surface area contributed by atoms with Crippen molar-refractivity contribution in [3.8, 4) is 16.6 Å². The number of hydrogen-bond donors (Lipinski definition) is 1. The summed E-state index contributed by atoms with van der Waals surface area (Å²) in [6, 6.07) is 3.96. The molecule has 2 bridgehead atoms. The molecular formula is C16H19N3O3S.